The molecule has 396 valence electrons. The number of H-pyrrole nitrogens is 3. The minimum Gasteiger partial charge on any atom is -0.492 e. The molecule has 7 aliphatic rings. The van der Waals surface area contributed by atoms with Gasteiger partial charge in [0.2, 0.25) is 0 Å². The molecule has 10 heterocycles. The van der Waals surface area contributed by atoms with Crippen LogP contribution in [0, 0.1) is 31.7 Å². The molecule has 0 spiro atoms. The number of aromatic amines is 3. The smallest absolute Gasteiger partial charge is 0.170 e. The largest absolute Gasteiger partial charge is 0.492 e. The van der Waals surface area contributed by atoms with Crippen LogP contribution in [-0.2, 0) is 0 Å². The van der Waals surface area contributed by atoms with Crippen LogP contribution in [0.15, 0.2) is 215 Å². The maximum atomic E-state index is 6.23. The number of rotatable bonds is 9. The molecule has 0 unspecified atom stereocenters. The Morgan fingerprint density at radius 1 is 0.247 bits per heavy atom. The molecular weight excluding hydrogens is 1010 g/mol. The van der Waals surface area contributed by atoms with Gasteiger partial charge >= 0.3 is 0 Å². The first kappa shape index (κ1) is 49.9. The van der Waals surface area contributed by atoms with Gasteiger partial charge in [-0.15, -0.1) is 0 Å². The summed E-state index contributed by atoms with van der Waals surface area (Å²) in [5.41, 5.74) is 10.2. The molecule has 18 bridgehead atoms. The summed E-state index contributed by atoms with van der Waals surface area (Å²) in [6.07, 6.45) is 12.2. The first-order valence-corrected chi connectivity index (χ1v) is 26.4. The van der Waals surface area contributed by atoms with Crippen LogP contribution in [0.2, 0.25) is 0 Å². The lowest BCUT2D eigenvalue weighted by atomic mass is 10.0. The summed E-state index contributed by atoms with van der Waals surface area (Å²) >= 11 is 0. The molecule has 16 rings (SSSR count). The van der Waals surface area contributed by atoms with Crippen molar-refractivity contribution in [3.8, 4) is 34.5 Å². The molecule has 3 aromatic heterocycles. The van der Waals surface area contributed by atoms with Gasteiger partial charge in [-0.25, -0.2) is 15.0 Å². The van der Waals surface area contributed by atoms with E-state index in [2.05, 4.69) is 87.7 Å². The van der Waals surface area contributed by atoms with E-state index in [9.17, 15) is 0 Å². The number of allylic oxidation sites excluding steroid dienone is 3. The number of ether oxygens (including phenoxy) is 6. The van der Waals surface area contributed by atoms with Crippen LogP contribution < -0.4 is 60.1 Å². The van der Waals surface area contributed by atoms with E-state index >= 15 is 0 Å². The zero-order chi connectivity index (χ0) is 55.1. The normalized spacial score (nSPS) is 14.2. The van der Waals surface area contributed by atoms with Gasteiger partial charge in [0.1, 0.15) is 0 Å². The molecule has 7 aliphatic heterocycles. The van der Waals surface area contributed by atoms with Crippen LogP contribution in [0.1, 0.15) is 16.7 Å². The molecule has 6 aromatic carbocycles. The number of fused-ring (bicyclic) bond motifs is 2. The second-order valence-corrected chi connectivity index (χ2v) is 19.4. The highest BCUT2D eigenvalue weighted by atomic mass is 16.5. The fourth-order valence-electron chi connectivity index (χ4n) is 11.3. The van der Waals surface area contributed by atoms with E-state index in [0.717, 1.165) is 131 Å². The molecule has 0 saturated carbocycles. The number of benzene rings is 6. The zero-order valence-corrected chi connectivity index (χ0v) is 45.3. The lowest BCUT2D eigenvalue weighted by molar-refractivity contribution is 0.350. The molecule has 81 heavy (non-hydrogen) atoms. The Morgan fingerprint density at radius 2 is 0.481 bits per heavy atom. The maximum absolute atomic E-state index is 6.23. The molecule has 12 heteroatoms. The third-order valence-corrected chi connectivity index (χ3v) is 15.0. The fourth-order valence-corrected chi connectivity index (χ4v) is 11.3. The average molecular weight is 1060 g/mol. The first-order valence-electron chi connectivity index (χ1n) is 26.4. The summed E-state index contributed by atoms with van der Waals surface area (Å²) in [5.74, 6) is 3.34. The summed E-state index contributed by atoms with van der Waals surface area (Å²) < 4.78 is 37.4. The van der Waals surface area contributed by atoms with E-state index in [1.807, 2.05) is 127 Å². The van der Waals surface area contributed by atoms with E-state index < -0.39 is 0 Å². The van der Waals surface area contributed by atoms with Crippen molar-refractivity contribution in [2.45, 2.75) is 0 Å². The standard InChI is InChI=1S/C69H54N6O6/c1-76-64-43-22-23-44(65(64)77-2)50-29-35-56(71-50)62(41-18-12-8-13-19-41)58-37-31-52(73-58)46-26-27-48(69(81-6)67(46)79-4)54-33-39-60(75-54)63(42-20-14-9-15-21-42)59-38-32-53(74-59)47-25-24-45(66(78-3)68(47)80-5)51-30-36-57(72-51)61(40-16-10-7-11-17-40)55-34-28-49(43)70-55/h7-39,70,73-74H,1-6H3. The van der Waals surface area contributed by atoms with Gasteiger partial charge in [-0.05, 0) is 126 Å². The molecule has 0 radical (unpaired) electrons. The lowest BCUT2D eigenvalue weighted by Crippen LogP contribution is -2.15. The van der Waals surface area contributed by atoms with Crippen molar-refractivity contribution in [3.63, 3.8) is 0 Å². The predicted molar refractivity (Wildman–Crippen MR) is 319 cm³/mol. The Morgan fingerprint density at radius 3 is 0.741 bits per heavy atom. The number of nitrogens with zero attached hydrogens (tertiary/aromatic N) is 3. The SMILES string of the molecule is COc1c(OC)c2ccc1=C1C=CC(=N1)C(c1ccccc1)=c1ccc([nH]1)=c1ccc(c(OC)c1OC)=C1C=CC(=N1)C(c1ccccc1)=c1ccc([nH]1)=c1ccc(c(OC)c1OC)=C1C=CC(=N1)C(c1ccccc1)=c1ccc=2[nH]1. The van der Waals surface area contributed by atoms with Gasteiger partial charge in [-0.2, -0.15) is 0 Å². The van der Waals surface area contributed by atoms with E-state index in [4.69, 9.17) is 43.4 Å². The van der Waals surface area contributed by atoms with E-state index in [1.54, 1.807) is 42.7 Å². The van der Waals surface area contributed by atoms with Crippen molar-refractivity contribution in [1.29, 1.82) is 0 Å². The Hall–Kier alpha value is -10.6. The first-order chi connectivity index (χ1) is 39.9. The van der Waals surface area contributed by atoms with Crippen molar-refractivity contribution in [2.24, 2.45) is 15.0 Å². The highest BCUT2D eigenvalue weighted by Gasteiger charge is 2.22. The summed E-state index contributed by atoms with van der Waals surface area (Å²) in [6, 6.07) is 55.4. The van der Waals surface area contributed by atoms with Crippen molar-refractivity contribution in [3.05, 3.63) is 280 Å². The van der Waals surface area contributed by atoms with Crippen molar-refractivity contribution in [1.82, 2.24) is 15.0 Å². The molecule has 3 N–H and O–H groups in total. The topological polar surface area (TPSA) is 140 Å². The van der Waals surface area contributed by atoms with Crippen LogP contribution in [0.3, 0.4) is 0 Å². The molecule has 0 aliphatic carbocycles. The molecule has 0 atom stereocenters. The summed E-state index contributed by atoms with van der Waals surface area (Å²) in [4.78, 5) is 27.2. The Bertz CT molecular complexity index is 4490. The molecular formula is C69H54N6O6. The van der Waals surface area contributed by atoms with Gasteiger partial charge in [0.05, 0.1) is 76.9 Å². The van der Waals surface area contributed by atoms with Gasteiger partial charge in [-0.1, -0.05) is 91.0 Å². The zero-order valence-electron chi connectivity index (χ0n) is 45.3. The number of aliphatic imine (C=N–C) groups is 3. The highest BCUT2D eigenvalue weighted by Crippen LogP contribution is 2.31. The quantitative estimate of drug-likeness (QED) is 0.134. The van der Waals surface area contributed by atoms with E-state index in [1.165, 1.54) is 0 Å². The number of nitrogens with one attached hydrogen (secondary N) is 3. The number of methoxy groups -OCH3 is 6. The van der Waals surface area contributed by atoms with Crippen LogP contribution in [0.4, 0.5) is 0 Å². The molecule has 0 saturated heterocycles. The number of aromatic nitrogens is 3. The third-order valence-electron chi connectivity index (χ3n) is 15.0. The average Bonchev–Trinajstić information content (AvgIpc) is 4.58. The summed E-state index contributed by atoms with van der Waals surface area (Å²) in [5, 5.41) is 9.84. The van der Waals surface area contributed by atoms with Gasteiger partial charge in [-0.3, -0.25) is 0 Å². The van der Waals surface area contributed by atoms with Crippen LogP contribution >= 0.6 is 0 Å². The number of hydrogen-bond acceptors (Lipinski definition) is 9. The highest BCUT2D eigenvalue weighted by molar-refractivity contribution is 6.33. The van der Waals surface area contributed by atoms with Crippen LogP contribution in [0.25, 0.3) is 33.8 Å². The van der Waals surface area contributed by atoms with Gasteiger partial charge in [0.15, 0.2) is 34.5 Å². The minimum absolute atomic E-state index is 0.551. The van der Waals surface area contributed by atoms with Crippen LogP contribution in [0.5, 0.6) is 34.5 Å². The monoisotopic (exact) mass is 1060 g/mol. The molecule has 0 fully saturated rings. The second kappa shape index (κ2) is 21.0. The third kappa shape index (κ3) is 8.70. The van der Waals surface area contributed by atoms with Gasteiger partial charge in [0.25, 0.3) is 0 Å². The predicted octanol–water partition coefficient (Wildman–Crippen LogP) is 7.95. The summed E-state index contributed by atoms with van der Waals surface area (Å²) in [6.45, 7) is 0. The van der Waals surface area contributed by atoms with Crippen molar-refractivity contribution in [2.75, 3.05) is 42.7 Å². The molecule has 9 aromatic rings. The second-order valence-electron chi connectivity index (χ2n) is 19.4. The van der Waals surface area contributed by atoms with Gasteiger partial charge in [0, 0.05) is 80.1 Å². The number of hydrogen-bond donors (Lipinski definition) is 3. The molecule has 0 amide bonds. The van der Waals surface area contributed by atoms with Crippen LogP contribution in [-0.4, -0.2) is 74.7 Å². The minimum atomic E-state index is 0.551. The maximum Gasteiger partial charge on any atom is 0.170 e. The van der Waals surface area contributed by atoms with E-state index in [-0.39, 0.29) is 0 Å². The van der Waals surface area contributed by atoms with Crippen molar-refractivity contribution < 1.29 is 28.4 Å². The van der Waals surface area contributed by atoms with Crippen molar-refractivity contribution >= 4 is 50.9 Å². The Labute approximate surface area is 464 Å². The summed E-state index contributed by atoms with van der Waals surface area (Å²) in [7, 11) is 9.96. The fraction of sp³-hybridized carbons (Fsp3) is 0.0870. The Kier molecular flexibility index (Phi) is 12.9. The van der Waals surface area contributed by atoms with Gasteiger partial charge < -0.3 is 43.4 Å². The van der Waals surface area contributed by atoms with E-state index in [0.29, 0.717) is 34.5 Å². The lowest BCUT2D eigenvalue weighted by Gasteiger charge is -2.10. The Balaban J connectivity index is 1.14. The molecule has 12 nitrogen and oxygen atoms in total.